The molecule has 0 radical (unpaired) electrons. The molecule has 0 bridgehead atoms. The number of fused-ring (bicyclic) bond motifs is 6. The normalized spacial score (nSPS) is 15.4. The summed E-state index contributed by atoms with van der Waals surface area (Å²) in [5, 5.41) is 5.79. The number of amides is 2. The molecular weight excluding hydrogens is 570 g/mol. The first-order valence-corrected chi connectivity index (χ1v) is 15.2. The Labute approximate surface area is 261 Å². The summed E-state index contributed by atoms with van der Waals surface area (Å²) >= 11 is 0. The van der Waals surface area contributed by atoms with Crippen molar-refractivity contribution in [3.05, 3.63) is 88.1 Å². The van der Waals surface area contributed by atoms with Gasteiger partial charge in [0.25, 0.3) is 11.5 Å². The fourth-order valence-electron chi connectivity index (χ4n) is 6.38. The van der Waals surface area contributed by atoms with Crippen molar-refractivity contribution < 1.29 is 14.3 Å². The second-order valence-corrected chi connectivity index (χ2v) is 12.0. The first-order chi connectivity index (χ1) is 21.6. The third-order valence-corrected chi connectivity index (χ3v) is 8.34. The van der Waals surface area contributed by atoms with Crippen LogP contribution in [0.4, 0.5) is 23.0 Å². The van der Waals surface area contributed by atoms with E-state index in [2.05, 4.69) is 40.6 Å². The fourth-order valence-corrected chi connectivity index (χ4v) is 6.38. The molecule has 1 aromatic carbocycles. The zero-order valence-electron chi connectivity index (χ0n) is 26.2. The average Bonchev–Trinajstić information content (AvgIpc) is 3.52. The summed E-state index contributed by atoms with van der Waals surface area (Å²) in [6, 6.07) is 10.8. The van der Waals surface area contributed by atoms with E-state index < -0.39 is 0 Å². The van der Waals surface area contributed by atoms with E-state index in [0.29, 0.717) is 47.5 Å². The van der Waals surface area contributed by atoms with E-state index in [1.807, 2.05) is 26.0 Å². The molecule has 0 saturated heterocycles. The lowest BCUT2D eigenvalue weighted by atomic mass is 9.90. The van der Waals surface area contributed by atoms with Crippen molar-refractivity contribution >= 4 is 34.8 Å². The summed E-state index contributed by atoms with van der Waals surface area (Å²) < 4.78 is 9.68. The smallest absolute Gasteiger partial charge is 0.296 e. The number of hydrogen-bond donors (Lipinski definition) is 2. The molecule has 7 rings (SSSR count). The van der Waals surface area contributed by atoms with Crippen LogP contribution in [0.15, 0.2) is 60.0 Å². The lowest BCUT2D eigenvalue weighted by Crippen LogP contribution is -2.42. The number of carbonyl (C=O) groups excluding carboxylic acids is 2. The second kappa shape index (κ2) is 11.4. The second-order valence-electron chi connectivity index (χ2n) is 12.0. The van der Waals surface area contributed by atoms with E-state index in [9.17, 15) is 14.4 Å². The summed E-state index contributed by atoms with van der Waals surface area (Å²) in [7, 11) is 1.63. The van der Waals surface area contributed by atoms with Gasteiger partial charge >= 0.3 is 0 Å². The maximum absolute atomic E-state index is 13.8. The number of anilines is 4. The van der Waals surface area contributed by atoms with Gasteiger partial charge in [0.2, 0.25) is 11.8 Å². The van der Waals surface area contributed by atoms with Crippen LogP contribution < -0.4 is 25.8 Å². The van der Waals surface area contributed by atoms with Gasteiger partial charge in [0, 0.05) is 54.5 Å². The summed E-state index contributed by atoms with van der Waals surface area (Å²) in [5.41, 5.74) is 6.13. The summed E-state index contributed by atoms with van der Waals surface area (Å²) in [5.74, 6) is 0.547. The van der Waals surface area contributed by atoms with Crippen molar-refractivity contribution in [1.82, 2.24) is 19.1 Å². The summed E-state index contributed by atoms with van der Waals surface area (Å²) in [6.45, 7) is 13.3. The molecule has 0 spiro atoms. The van der Waals surface area contributed by atoms with E-state index in [1.54, 1.807) is 42.4 Å². The molecule has 11 nitrogen and oxygen atoms in total. The van der Waals surface area contributed by atoms with Gasteiger partial charge in [-0.3, -0.25) is 23.9 Å². The fraction of sp³-hybridized carbons (Fsp3) is 0.324. The molecule has 2 amide bonds. The third kappa shape index (κ3) is 5.17. The monoisotopic (exact) mass is 607 g/mol. The van der Waals surface area contributed by atoms with Crippen LogP contribution in [0.1, 0.15) is 55.0 Å². The molecule has 11 heteroatoms. The lowest BCUT2D eigenvalue weighted by Gasteiger charge is -2.32. The van der Waals surface area contributed by atoms with Crippen molar-refractivity contribution in [2.75, 3.05) is 22.1 Å². The van der Waals surface area contributed by atoms with Crippen LogP contribution in [0.5, 0.6) is 5.88 Å². The van der Waals surface area contributed by atoms with Gasteiger partial charge in [-0.15, -0.1) is 0 Å². The predicted molar refractivity (Wildman–Crippen MR) is 174 cm³/mol. The number of rotatable bonds is 5. The number of carbonyl (C=O) groups is 2. The number of hydrogen-bond acceptors (Lipinski definition) is 7. The van der Waals surface area contributed by atoms with Gasteiger partial charge in [-0.1, -0.05) is 40.3 Å². The van der Waals surface area contributed by atoms with E-state index in [4.69, 9.17) is 9.72 Å². The minimum Gasteiger partial charge on any atom is -0.472 e. The van der Waals surface area contributed by atoms with Gasteiger partial charge in [0.05, 0.1) is 0 Å². The maximum atomic E-state index is 13.8. The third-order valence-electron chi connectivity index (χ3n) is 8.34. The Hall–Kier alpha value is -5.19. The van der Waals surface area contributed by atoms with Gasteiger partial charge in [-0.25, -0.2) is 9.97 Å². The molecule has 232 valence electrons. The van der Waals surface area contributed by atoms with Crippen molar-refractivity contribution in [3.63, 3.8) is 0 Å². The highest BCUT2D eigenvalue weighted by molar-refractivity contribution is 6.06. The molecule has 4 aromatic rings. The first-order valence-electron chi connectivity index (χ1n) is 15.2. The molecule has 0 fully saturated rings. The number of ether oxygens (including phenoxy) is 1. The lowest BCUT2D eigenvalue weighted by molar-refractivity contribution is -0.111. The van der Waals surface area contributed by atoms with Gasteiger partial charge in [-0.2, -0.15) is 0 Å². The quantitative estimate of drug-likeness (QED) is 0.299. The van der Waals surface area contributed by atoms with Gasteiger partial charge in [0.1, 0.15) is 23.8 Å². The standard InChI is InChI=1S/C32H31N7O4.C2H6/c1-5-25(40)34-19-7-6-8-20(14-19)35-27-30(42)37(4)31-26(36-27)21-9-10-33-28(22(21)17-43-31)39-12-11-38-23(29(39)41)13-18-15-32(2,3)16-24(18)38;1-2/h5-10,13-14H,1,11-12,15-17H2,2-4H3,(H,34,40)(H,35,36);1-2H3. The highest BCUT2D eigenvalue weighted by Gasteiger charge is 2.38. The van der Waals surface area contributed by atoms with Gasteiger partial charge in [-0.05, 0) is 60.2 Å². The van der Waals surface area contributed by atoms with Crippen LogP contribution in [0.3, 0.4) is 0 Å². The van der Waals surface area contributed by atoms with Crippen molar-refractivity contribution in [2.24, 2.45) is 12.5 Å². The van der Waals surface area contributed by atoms with Crippen LogP contribution in [0.2, 0.25) is 0 Å². The van der Waals surface area contributed by atoms with Gasteiger partial charge in [0.15, 0.2) is 5.82 Å². The Balaban J connectivity index is 0.00000175. The number of aromatic nitrogens is 4. The van der Waals surface area contributed by atoms with E-state index in [0.717, 1.165) is 24.0 Å². The van der Waals surface area contributed by atoms with Crippen LogP contribution in [0.25, 0.3) is 11.3 Å². The SMILES string of the molecule is C=CC(=O)Nc1cccc(Nc2nc3c(n(C)c2=O)OCc2c-3ccnc2N2CCn3c(cc4c3CC(C)(C)C4)C2=O)c1.CC. The van der Waals surface area contributed by atoms with Crippen LogP contribution in [-0.4, -0.2) is 37.5 Å². The summed E-state index contributed by atoms with van der Waals surface area (Å²) in [6.07, 6.45) is 4.78. The zero-order chi connectivity index (χ0) is 32.0. The van der Waals surface area contributed by atoms with E-state index in [-0.39, 0.29) is 35.2 Å². The Morgan fingerprint density at radius 3 is 2.64 bits per heavy atom. The van der Waals surface area contributed by atoms with Crippen molar-refractivity contribution in [3.8, 4) is 17.1 Å². The molecule has 3 aromatic heterocycles. The largest absolute Gasteiger partial charge is 0.472 e. The molecule has 2 aliphatic heterocycles. The Kier molecular flexibility index (Phi) is 7.56. The molecule has 2 N–H and O–H groups in total. The first kappa shape index (κ1) is 29.9. The maximum Gasteiger partial charge on any atom is 0.296 e. The van der Waals surface area contributed by atoms with Crippen LogP contribution in [-0.2, 0) is 37.8 Å². The Morgan fingerprint density at radius 1 is 1.09 bits per heavy atom. The highest BCUT2D eigenvalue weighted by Crippen LogP contribution is 2.42. The van der Waals surface area contributed by atoms with E-state index >= 15 is 0 Å². The average molecular weight is 608 g/mol. The zero-order valence-corrected chi connectivity index (χ0v) is 26.2. The summed E-state index contributed by atoms with van der Waals surface area (Å²) in [4.78, 5) is 49.9. The molecule has 45 heavy (non-hydrogen) atoms. The van der Waals surface area contributed by atoms with Crippen molar-refractivity contribution in [2.45, 2.75) is 53.7 Å². The van der Waals surface area contributed by atoms with Gasteiger partial charge < -0.3 is 19.9 Å². The molecular formula is C34H37N7O4. The Bertz CT molecular complexity index is 1920. The molecule has 3 aliphatic rings. The number of nitrogens with one attached hydrogen (secondary N) is 2. The van der Waals surface area contributed by atoms with Crippen LogP contribution in [0, 0.1) is 5.41 Å². The number of nitrogens with zero attached hydrogens (tertiary/aromatic N) is 5. The number of pyridine rings is 1. The van der Waals surface area contributed by atoms with Crippen LogP contribution >= 0.6 is 0 Å². The highest BCUT2D eigenvalue weighted by atomic mass is 16.5. The predicted octanol–water partition coefficient (Wildman–Crippen LogP) is 5.22. The molecule has 0 atom stereocenters. The van der Waals surface area contributed by atoms with Crippen molar-refractivity contribution in [1.29, 1.82) is 0 Å². The molecule has 0 unspecified atom stereocenters. The minimum atomic E-state index is -0.375. The molecule has 1 aliphatic carbocycles. The van der Waals surface area contributed by atoms with E-state index in [1.165, 1.54) is 21.9 Å². The topological polar surface area (TPSA) is 123 Å². The molecule has 0 saturated carbocycles. The Morgan fingerprint density at radius 2 is 1.87 bits per heavy atom. The number of benzene rings is 1. The minimum absolute atomic E-state index is 0.0793. The molecule has 5 heterocycles.